The van der Waals surface area contributed by atoms with Crippen LogP contribution in [0, 0.1) is 0 Å². The highest BCUT2D eigenvalue weighted by Crippen LogP contribution is 2.39. The first-order chi connectivity index (χ1) is 9.52. The molecule has 6 nitrogen and oxygen atoms in total. The third-order valence-corrected chi connectivity index (χ3v) is 3.61. The van der Waals surface area contributed by atoms with Crippen LogP contribution >= 0.6 is 0 Å². The molecule has 0 aliphatic carbocycles. The molecule has 2 heterocycles. The number of hydroxylamine groups is 1. The Bertz CT molecular complexity index is 678. The molecule has 1 unspecified atom stereocenters. The van der Waals surface area contributed by atoms with Crippen molar-refractivity contribution >= 4 is 17.6 Å². The van der Waals surface area contributed by atoms with Gasteiger partial charge in [0.2, 0.25) is 5.78 Å². The Morgan fingerprint density at radius 1 is 1.20 bits per heavy atom. The number of nitrogens with zero attached hydrogens (tertiary/aromatic N) is 1. The van der Waals surface area contributed by atoms with E-state index in [0.29, 0.717) is 22.6 Å². The Morgan fingerprint density at radius 2 is 1.90 bits per heavy atom. The fourth-order valence-corrected chi connectivity index (χ4v) is 2.59. The molecular formula is C14H12N2O4. The SMILES string of the molecule is CC1=C(C2C(=O)NOc3ccccc32)N(C)C(=O)C1=O. The average Bonchev–Trinajstić information content (AvgIpc) is 2.64. The molecule has 102 valence electrons. The molecule has 2 aliphatic heterocycles. The molecule has 1 aromatic carbocycles. The van der Waals surface area contributed by atoms with Crippen molar-refractivity contribution in [3.05, 3.63) is 41.1 Å². The molecule has 0 aromatic heterocycles. The monoisotopic (exact) mass is 272 g/mol. The van der Waals surface area contributed by atoms with E-state index >= 15 is 0 Å². The lowest BCUT2D eigenvalue weighted by molar-refractivity contribution is -0.139. The lowest BCUT2D eigenvalue weighted by Gasteiger charge is -2.28. The smallest absolute Gasteiger partial charge is 0.298 e. The van der Waals surface area contributed by atoms with Crippen molar-refractivity contribution in [2.45, 2.75) is 12.8 Å². The first-order valence-corrected chi connectivity index (χ1v) is 6.11. The Labute approximate surface area is 115 Å². The van der Waals surface area contributed by atoms with Crippen LogP contribution in [0.2, 0.25) is 0 Å². The number of fused-ring (bicyclic) bond motifs is 1. The lowest BCUT2D eigenvalue weighted by Crippen LogP contribution is -2.40. The van der Waals surface area contributed by atoms with Gasteiger partial charge in [-0.3, -0.25) is 14.4 Å². The van der Waals surface area contributed by atoms with Crippen molar-refractivity contribution in [2.24, 2.45) is 0 Å². The van der Waals surface area contributed by atoms with Crippen LogP contribution in [0.5, 0.6) is 5.75 Å². The summed E-state index contributed by atoms with van der Waals surface area (Å²) in [6.07, 6.45) is 0. The maximum absolute atomic E-state index is 12.1. The number of benzene rings is 1. The number of hydrogen-bond donors (Lipinski definition) is 1. The van der Waals surface area contributed by atoms with Gasteiger partial charge in [0.05, 0.1) is 0 Å². The quantitative estimate of drug-likeness (QED) is 0.756. The highest BCUT2D eigenvalue weighted by Gasteiger charge is 2.43. The van der Waals surface area contributed by atoms with Crippen molar-refractivity contribution < 1.29 is 19.2 Å². The molecule has 0 bridgehead atoms. The van der Waals surface area contributed by atoms with E-state index in [-0.39, 0.29) is 0 Å². The Morgan fingerprint density at radius 3 is 2.55 bits per heavy atom. The molecule has 1 aromatic rings. The minimum atomic E-state index is -0.722. The minimum Gasteiger partial charge on any atom is -0.379 e. The number of nitrogens with one attached hydrogen (secondary N) is 1. The molecule has 6 heteroatoms. The highest BCUT2D eigenvalue weighted by atomic mass is 16.7. The maximum atomic E-state index is 12.1. The largest absolute Gasteiger partial charge is 0.379 e. The van der Waals surface area contributed by atoms with Gasteiger partial charge in [-0.2, -0.15) is 5.48 Å². The van der Waals surface area contributed by atoms with Gasteiger partial charge in [0.15, 0.2) is 5.75 Å². The van der Waals surface area contributed by atoms with E-state index in [9.17, 15) is 14.4 Å². The summed E-state index contributed by atoms with van der Waals surface area (Å²) >= 11 is 0. The third-order valence-electron chi connectivity index (χ3n) is 3.61. The molecule has 0 radical (unpaired) electrons. The average molecular weight is 272 g/mol. The number of rotatable bonds is 1. The first kappa shape index (κ1) is 12.4. The number of Topliss-reactive ketones (excluding diaryl/α,β-unsaturated/α-hetero) is 1. The van der Waals surface area contributed by atoms with Crippen LogP contribution in [-0.4, -0.2) is 29.5 Å². The maximum Gasteiger partial charge on any atom is 0.298 e. The second-order valence-electron chi connectivity index (χ2n) is 4.74. The van der Waals surface area contributed by atoms with Gasteiger partial charge in [-0.1, -0.05) is 18.2 Å². The zero-order chi connectivity index (χ0) is 14.4. The van der Waals surface area contributed by atoms with E-state index in [1.165, 1.54) is 11.9 Å². The van der Waals surface area contributed by atoms with Gasteiger partial charge < -0.3 is 9.74 Å². The van der Waals surface area contributed by atoms with Gasteiger partial charge >= 0.3 is 0 Å². The molecule has 0 saturated heterocycles. The molecule has 3 rings (SSSR count). The summed E-state index contributed by atoms with van der Waals surface area (Å²) in [6, 6.07) is 7.03. The number of para-hydroxylation sites is 1. The topological polar surface area (TPSA) is 75.7 Å². The van der Waals surface area contributed by atoms with Crippen molar-refractivity contribution in [1.82, 2.24) is 10.4 Å². The first-order valence-electron chi connectivity index (χ1n) is 6.11. The van der Waals surface area contributed by atoms with Crippen LogP contribution in [0.4, 0.5) is 0 Å². The molecule has 2 amide bonds. The summed E-state index contributed by atoms with van der Waals surface area (Å²) in [6.45, 7) is 1.56. The van der Waals surface area contributed by atoms with Crippen LogP contribution in [0.3, 0.4) is 0 Å². The molecule has 1 N–H and O–H groups in total. The van der Waals surface area contributed by atoms with E-state index in [1.807, 2.05) is 0 Å². The van der Waals surface area contributed by atoms with Gasteiger partial charge in [0.1, 0.15) is 5.92 Å². The fraction of sp³-hybridized carbons (Fsp3) is 0.214. The van der Waals surface area contributed by atoms with Gasteiger partial charge in [-0.15, -0.1) is 0 Å². The highest BCUT2D eigenvalue weighted by molar-refractivity contribution is 6.45. The molecule has 1 atom stereocenters. The molecular weight excluding hydrogens is 260 g/mol. The van der Waals surface area contributed by atoms with E-state index in [1.54, 1.807) is 31.2 Å². The van der Waals surface area contributed by atoms with Crippen molar-refractivity contribution in [3.63, 3.8) is 0 Å². The number of carbonyl (C=O) groups excluding carboxylic acids is 3. The molecule has 0 spiro atoms. The third kappa shape index (κ3) is 1.54. The van der Waals surface area contributed by atoms with Crippen LogP contribution < -0.4 is 10.3 Å². The summed E-state index contributed by atoms with van der Waals surface area (Å²) in [5.74, 6) is -1.79. The van der Waals surface area contributed by atoms with Crippen LogP contribution in [0.15, 0.2) is 35.5 Å². The number of ketones is 1. The van der Waals surface area contributed by atoms with Crippen molar-refractivity contribution in [3.8, 4) is 5.75 Å². The van der Waals surface area contributed by atoms with Crippen molar-refractivity contribution in [2.75, 3.05) is 7.05 Å². The number of carbonyl (C=O) groups is 3. The van der Waals surface area contributed by atoms with Crippen molar-refractivity contribution in [1.29, 1.82) is 0 Å². The number of amides is 2. The van der Waals surface area contributed by atoms with Crippen LogP contribution in [0.25, 0.3) is 0 Å². The van der Waals surface area contributed by atoms with Gasteiger partial charge in [0.25, 0.3) is 11.8 Å². The zero-order valence-corrected chi connectivity index (χ0v) is 11.0. The van der Waals surface area contributed by atoms with Gasteiger partial charge in [-0.05, 0) is 13.0 Å². The zero-order valence-electron chi connectivity index (χ0n) is 11.0. The van der Waals surface area contributed by atoms with E-state index < -0.39 is 23.5 Å². The molecule has 20 heavy (non-hydrogen) atoms. The molecule has 2 aliphatic rings. The lowest BCUT2D eigenvalue weighted by atomic mass is 9.91. The number of likely N-dealkylation sites (N-methyl/N-ethyl adjacent to an activating group) is 1. The van der Waals surface area contributed by atoms with Crippen LogP contribution in [-0.2, 0) is 14.4 Å². The van der Waals surface area contributed by atoms with Gasteiger partial charge in [-0.25, -0.2) is 0 Å². The predicted octanol–water partition coefficient (Wildman–Crippen LogP) is 0.509. The number of hydrogen-bond acceptors (Lipinski definition) is 4. The molecule has 0 fully saturated rings. The van der Waals surface area contributed by atoms with Crippen LogP contribution in [0.1, 0.15) is 18.4 Å². The Hall–Kier alpha value is -2.63. The Kier molecular flexibility index (Phi) is 2.60. The standard InChI is InChI=1S/C14H12N2O4/c1-7-11(16(2)14(19)12(7)17)10-8-5-3-4-6-9(8)20-15-13(10)18/h3-6,10H,1-2H3,(H,15,18). The van der Waals surface area contributed by atoms with E-state index in [0.717, 1.165) is 0 Å². The fourth-order valence-electron chi connectivity index (χ4n) is 2.59. The second kappa shape index (κ2) is 4.19. The summed E-state index contributed by atoms with van der Waals surface area (Å²) in [5.41, 5.74) is 3.66. The predicted molar refractivity (Wildman–Crippen MR) is 68.4 cm³/mol. The summed E-state index contributed by atoms with van der Waals surface area (Å²) in [7, 11) is 1.50. The molecule has 0 saturated carbocycles. The second-order valence-corrected chi connectivity index (χ2v) is 4.74. The van der Waals surface area contributed by atoms with E-state index in [2.05, 4.69) is 5.48 Å². The Balaban J connectivity index is 2.17. The van der Waals surface area contributed by atoms with Gasteiger partial charge in [0, 0.05) is 23.9 Å². The summed E-state index contributed by atoms with van der Waals surface area (Å²) < 4.78 is 0. The normalized spacial score (nSPS) is 21.8. The van der Waals surface area contributed by atoms with E-state index in [4.69, 9.17) is 4.84 Å². The summed E-state index contributed by atoms with van der Waals surface area (Å²) in [5, 5.41) is 0. The minimum absolute atomic E-state index is 0.300. The summed E-state index contributed by atoms with van der Waals surface area (Å²) in [4.78, 5) is 42.0.